The maximum absolute atomic E-state index is 10.7. The van der Waals surface area contributed by atoms with Crippen LogP contribution in [0.25, 0.3) is 11.0 Å². The molecule has 2 aromatic heterocycles. The summed E-state index contributed by atoms with van der Waals surface area (Å²) in [7, 11) is 1.23. The van der Waals surface area contributed by atoms with Gasteiger partial charge in [0.1, 0.15) is 28.2 Å². The highest BCUT2D eigenvalue weighted by molar-refractivity contribution is 7.19. The molecule has 0 bridgehead atoms. The Labute approximate surface area is 143 Å². The fourth-order valence-corrected chi connectivity index (χ4v) is 2.52. The van der Waals surface area contributed by atoms with E-state index in [-0.39, 0.29) is 20.9 Å². The number of nitrogens with two attached hydrogens (primary N) is 1. The van der Waals surface area contributed by atoms with Gasteiger partial charge in [-0.25, -0.2) is 9.78 Å². The second-order valence-electron chi connectivity index (χ2n) is 4.07. The van der Waals surface area contributed by atoms with Crippen molar-refractivity contribution < 1.29 is 19.9 Å². The van der Waals surface area contributed by atoms with E-state index >= 15 is 0 Å². The van der Waals surface area contributed by atoms with E-state index in [1.54, 1.807) is 12.1 Å². The molecule has 0 aliphatic carbocycles. The zero-order chi connectivity index (χ0) is 17.7. The first kappa shape index (κ1) is 17.4. The molecule has 0 aliphatic heterocycles. The Balaban J connectivity index is 0.000000182. The number of carbonyl (C=O) groups is 1. The van der Waals surface area contributed by atoms with Crippen molar-refractivity contribution in [1.29, 1.82) is 0 Å². The largest absolute Gasteiger partial charge is 0.476 e. The molecule has 4 N–H and O–H groups in total. The fraction of sp³-hybridized carbons (Fsp3) is 0.0833. The lowest BCUT2D eigenvalue weighted by Gasteiger charge is -1.95. The van der Waals surface area contributed by atoms with E-state index in [0.29, 0.717) is 11.0 Å². The SMILES string of the molecule is CON=C(C(=O)O)c1nc(N)sc1Cl.On1nnc2ccccc21. The highest BCUT2D eigenvalue weighted by atomic mass is 35.5. The highest BCUT2D eigenvalue weighted by Crippen LogP contribution is 2.26. The van der Waals surface area contributed by atoms with Gasteiger partial charge in [0.05, 0.1) is 0 Å². The molecule has 3 aromatic rings. The number of para-hydroxylation sites is 1. The number of rotatable bonds is 3. The maximum Gasteiger partial charge on any atom is 0.360 e. The normalized spacial score (nSPS) is 11.0. The lowest BCUT2D eigenvalue weighted by molar-refractivity contribution is -0.129. The molecule has 0 aliphatic rings. The Kier molecular flexibility index (Phi) is 5.50. The molecular weight excluding hydrogens is 360 g/mol. The number of aliphatic carboxylic acids is 1. The van der Waals surface area contributed by atoms with Crippen molar-refractivity contribution in [3.05, 3.63) is 34.3 Å². The number of halogens is 1. The van der Waals surface area contributed by atoms with Crippen molar-refractivity contribution in [1.82, 2.24) is 20.1 Å². The van der Waals surface area contributed by atoms with Crippen LogP contribution in [0, 0.1) is 0 Å². The Morgan fingerprint density at radius 1 is 1.46 bits per heavy atom. The van der Waals surface area contributed by atoms with Gasteiger partial charge in [0.15, 0.2) is 5.13 Å². The van der Waals surface area contributed by atoms with Gasteiger partial charge in [0.25, 0.3) is 0 Å². The number of anilines is 1. The summed E-state index contributed by atoms with van der Waals surface area (Å²) in [4.78, 5) is 19.5. The molecule has 12 heteroatoms. The van der Waals surface area contributed by atoms with Crippen LogP contribution in [0.5, 0.6) is 0 Å². The Morgan fingerprint density at radius 3 is 2.71 bits per heavy atom. The van der Waals surface area contributed by atoms with E-state index in [1.165, 1.54) is 7.11 Å². The molecule has 2 heterocycles. The monoisotopic (exact) mass is 370 g/mol. The first-order valence-electron chi connectivity index (χ1n) is 6.20. The lowest BCUT2D eigenvalue weighted by atomic mass is 10.3. The van der Waals surface area contributed by atoms with Crippen molar-refractivity contribution in [2.45, 2.75) is 0 Å². The smallest absolute Gasteiger partial charge is 0.360 e. The van der Waals surface area contributed by atoms with Crippen LogP contribution in [0.2, 0.25) is 4.34 Å². The second kappa shape index (κ2) is 7.57. The van der Waals surface area contributed by atoms with Gasteiger partial charge in [0.2, 0.25) is 5.71 Å². The van der Waals surface area contributed by atoms with Crippen molar-refractivity contribution in [2.75, 3.05) is 12.8 Å². The molecule has 0 fully saturated rings. The first-order chi connectivity index (χ1) is 11.4. The summed E-state index contributed by atoms with van der Waals surface area (Å²) in [5.74, 6) is -1.28. The molecule has 0 spiro atoms. The first-order valence-corrected chi connectivity index (χ1v) is 7.39. The number of hydrogen-bond acceptors (Lipinski definition) is 9. The van der Waals surface area contributed by atoms with Gasteiger partial charge < -0.3 is 20.9 Å². The third-order valence-electron chi connectivity index (χ3n) is 2.55. The van der Waals surface area contributed by atoms with E-state index in [0.717, 1.165) is 16.2 Å². The number of hydrogen-bond donors (Lipinski definition) is 3. The van der Waals surface area contributed by atoms with Crippen LogP contribution >= 0.6 is 22.9 Å². The fourth-order valence-electron chi connectivity index (χ4n) is 1.59. The van der Waals surface area contributed by atoms with Crippen molar-refractivity contribution in [2.24, 2.45) is 5.16 Å². The van der Waals surface area contributed by atoms with E-state index in [2.05, 4.69) is 25.3 Å². The lowest BCUT2D eigenvalue weighted by Crippen LogP contribution is -2.15. The summed E-state index contributed by atoms with van der Waals surface area (Å²) >= 11 is 6.67. The third-order valence-corrected chi connectivity index (χ3v) is 3.63. The summed E-state index contributed by atoms with van der Waals surface area (Å²) in [6.45, 7) is 0. The van der Waals surface area contributed by atoms with Crippen LogP contribution in [-0.4, -0.2) is 49.2 Å². The molecule has 0 amide bonds. The standard InChI is InChI=1S/C6H6ClN3O3S.C6H5N3O/c1-13-10-3(5(11)12)2-4(7)14-6(8)9-2;10-9-6-4-2-1-3-5(6)7-8-9/h1H3,(H2,8,9)(H,11,12);1-4,10H. The average molecular weight is 371 g/mol. The minimum Gasteiger partial charge on any atom is -0.476 e. The molecule has 0 saturated heterocycles. The molecule has 0 atom stereocenters. The quantitative estimate of drug-likeness (QED) is 0.356. The van der Waals surface area contributed by atoms with E-state index in [4.69, 9.17) is 27.6 Å². The predicted molar refractivity (Wildman–Crippen MR) is 87.4 cm³/mol. The molecule has 10 nitrogen and oxygen atoms in total. The number of benzene rings is 1. The van der Waals surface area contributed by atoms with Gasteiger partial charge >= 0.3 is 5.97 Å². The topological polar surface area (TPSA) is 149 Å². The number of nitrogens with zero attached hydrogens (tertiary/aromatic N) is 5. The van der Waals surface area contributed by atoms with Gasteiger partial charge in [-0.3, -0.25) is 0 Å². The Hall–Kier alpha value is -2.92. The van der Waals surface area contributed by atoms with Crippen LogP contribution in [0.3, 0.4) is 0 Å². The number of oxime groups is 1. The molecule has 0 saturated carbocycles. The average Bonchev–Trinajstić information content (AvgIpc) is 3.08. The molecular formula is C12H11ClN6O4S. The minimum absolute atomic E-state index is 0.0171. The molecule has 0 unspecified atom stereocenters. The molecule has 126 valence electrons. The number of fused-ring (bicyclic) bond motifs is 1. The predicted octanol–water partition coefficient (Wildman–Crippen LogP) is 1.48. The van der Waals surface area contributed by atoms with Gasteiger partial charge in [0, 0.05) is 0 Å². The zero-order valence-electron chi connectivity index (χ0n) is 12.1. The number of thiazole rings is 1. The summed E-state index contributed by atoms with van der Waals surface area (Å²) in [6.07, 6.45) is 0. The van der Waals surface area contributed by atoms with E-state index in [1.807, 2.05) is 12.1 Å². The van der Waals surface area contributed by atoms with Crippen LogP contribution in [0.4, 0.5) is 5.13 Å². The van der Waals surface area contributed by atoms with Crippen molar-refractivity contribution >= 4 is 50.8 Å². The number of carboxylic acids is 1. The van der Waals surface area contributed by atoms with Gasteiger partial charge in [-0.2, -0.15) is 0 Å². The summed E-state index contributed by atoms with van der Waals surface area (Å²) in [6, 6.07) is 7.19. The van der Waals surface area contributed by atoms with Crippen LogP contribution in [-0.2, 0) is 9.63 Å². The van der Waals surface area contributed by atoms with Crippen molar-refractivity contribution in [3.63, 3.8) is 0 Å². The molecule has 3 rings (SSSR count). The molecule has 0 radical (unpaired) electrons. The summed E-state index contributed by atoms with van der Waals surface area (Å²) < 4.78 is 0.167. The molecule has 1 aromatic carbocycles. The number of aromatic nitrogens is 4. The summed E-state index contributed by atoms with van der Waals surface area (Å²) in [5, 5.41) is 28.3. The Bertz CT molecular complexity index is 893. The van der Waals surface area contributed by atoms with Crippen molar-refractivity contribution in [3.8, 4) is 0 Å². The highest BCUT2D eigenvalue weighted by Gasteiger charge is 2.21. The Morgan fingerprint density at radius 2 is 2.17 bits per heavy atom. The van der Waals surface area contributed by atoms with Gasteiger partial charge in [-0.1, -0.05) is 45.1 Å². The van der Waals surface area contributed by atoms with Crippen LogP contribution in [0.15, 0.2) is 29.4 Å². The van der Waals surface area contributed by atoms with E-state index in [9.17, 15) is 4.79 Å². The van der Waals surface area contributed by atoms with Crippen LogP contribution < -0.4 is 5.73 Å². The van der Waals surface area contributed by atoms with Gasteiger partial charge in [-0.05, 0) is 17.3 Å². The maximum atomic E-state index is 10.7. The van der Waals surface area contributed by atoms with Gasteiger partial charge in [-0.15, -0.1) is 5.10 Å². The van der Waals surface area contributed by atoms with E-state index < -0.39 is 5.97 Å². The van der Waals surface area contributed by atoms with Crippen LogP contribution in [0.1, 0.15) is 5.69 Å². The minimum atomic E-state index is -1.28. The third kappa shape index (κ3) is 3.88. The number of carboxylic acid groups (broad SMARTS) is 1. The number of nitrogen functional groups attached to an aromatic ring is 1. The second-order valence-corrected chi connectivity index (χ2v) is 5.70. The molecule has 24 heavy (non-hydrogen) atoms. The summed E-state index contributed by atoms with van der Waals surface area (Å²) in [5.41, 5.74) is 6.32. The zero-order valence-corrected chi connectivity index (χ0v) is 13.7.